The highest BCUT2D eigenvalue weighted by Gasteiger charge is 1.91. The summed E-state index contributed by atoms with van der Waals surface area (Å²) in [5.41, 5.74) is 1.52. The second-order valence-corrected chi connectivity index (χ2v) is 3.72. The van der Waals surface area contributed by atoms with Gasteiger partial charge in [0.1, 0.15) is 0 Å². The molecule has 1 aromatic heterocycles. The molecule has 1 aromatic rings. The highest BCUT2D eigenvalue weighted by molar-refractivity contribution is 7.07. The third kappa shape index (κ3) is 5.17. The van der Waals surface area contributed by atoms with Crippen LogP contribution in [-0.2, 0) is 6.42 Å². The number of hydrogen-bond acceptors (Lipinski definition) is 1. The van der Waals surface area contributed by atoms with Crippen LogP contribution in [-0.4, -0.2) is 23.1 Å². The lowest BCUT2D eigenvalue weighted by Crippen LogP contribution is -1.81. The summed E-state index contributed by atoms with van der Waals surface area (Å²) in [6, 6.07) is 2.23. The van der Waals surface area contributed by atoms with Gasteiger partial charge in [-0.1, -0.05) is 26.2 Å². The summed E-state index contributed by atoms with van der Waals surface area (Å²) in [6.07, 6.45) is 6.77. The number of aryl methyl sites for hydroxylation is 1. The van der Waals surface area contributed by atoms with E-state index in [4.69, 9.17) is 0 Å². The van der Waals surface area contributed by atoms with Crippen molar-refractivity contribution in [2.24, 2.45) is 0 Å². The average molecular weight is 193 g/mol. The quantitative estimate of drug-likeness (QED) is 0.495. The minimum Gasteiger partial charge on any atom is -0.152 e. The monoisotopic (exact) mass is 192 g/mol. The maximum Gasteiger partial charge on any atom is 0 e. The Morgan fingerprint density at radius 2 is 2.08 bits per heavy atom. The fourth-order valence-electron chi connectivity index (χ4n) is 1.19. The number of unbranched alkanes of at least 4 members (excludes halogenated alkanes) is 3. The molecule has 12 heavy (non-hydrogen) atoms. The van der Waals surface area contributed by atoms with Crippen LogP contribution in [0.3, 0.4) is 0 Å². The van der Waals surface area contributed by atoms with Crippen molar-refractivity contribution in [2.45, 2.75) is 39.0 Å². The van der Waals surface area contributed by atoms with Crippen LogP contribution in [0.25, 0.3) is 0 Å². The normalized spacial score (nSPS) is 9.42. The van der Waals surface area contributed by atoms with Crippen molar-refractivity contribution in [1.29, 1.82) is 0 Å². The van der Waals surface area contributed by atoms with E-state index in [-0.39, 0.29) is 23.1 Å². The first-order valence-electron chi connectivity index (χ1n) is 4.44. The van der Waals surface area contributed by atoms with Crippen molar-refractivity contribution in [3.05, 3.63) is 22.4 Å². The molecule has 0 N–H and O–H groups in total. The molecule has 0 amide bonds. The zero-order valence-electron chi connectivity index (χ0n) is 7.88. The molecule has 0 unspecified atom stereocenters. The van der Waals surface area contributed by atoms with Crippen LogP contribution in [0, 0.1) is 0 Å². The summed E-state index contributed by atoms with van der Waals surface area (Å²) in [7, 11) is 0. The largest absolute Gasteiger partial charge is 0.152 e. The summed E-state index contributed by atoms with van der Waals surface area (Å²) < 4.78 is 0. The van der Waals surface area contributed by atoms with Gasteiger partial charge < -0.3 is 0 Å². The Morgan fingerprint density at radius 1 is 1.25 bits per heavy atom. The number of rotatable bonds is 5. The van der Waals surface area contributed by atoms with Crippen molar-refractivity contribution in [3.63, 3.8) is 0 Å². The van der Waals surface area contributed by atoms with Gasteiger partial charge in [-0.25, -0.2) is 0 Å². The van der Waals surface area contributed by atoms with Gasteiger partial charge in [-0.2, -0.15) is 11.3 Å². The molecule has 0 aliphatic heterocycles. The highest BCUT2D eigenvalue weighted by Crippen LogP contribution is 2.10. The summed E-state index contributed by atoms with van der Waals surface area (Å²) in [5.74, 6) is 0. The highest BCUT2D eigenvalue weighted by atomic mass is 32.1. The zero-order valence-corrected chi connectivity index (χ0v) is 10.1. The van der Waals surface area contributed by atoms with E-state index < -0.39 is 0 Å². The van der Waals surface area contributed by atoms with Gasteiger partial charge in [-0.05, 0) is 35.2 Å². The standard InChI is InChI=1S/C10H16S.Mg/c1-2-3-4-5-6-10-7-8-11-9-10;/h7-9H,2-6H2,1H3;. The number of thiophene rings is 1. The van der Waals surface area contributed by atoms with Gasteiger partial charge in [0, 0.05) is 23.1 Å². The molecule has 0 saturated heterocycles. The fraction of sp³-hybridized carbons (Fsp3) is 0.600. The van der Waals surface area contributed by atoms with E-state index in [1.807, 2.05) is 0 Å². The lowest BCUT2D eigenvalue weighted by molar-refractivity contribution is 0.667. The lowest BCUT2D eigenvalue weighted by Gasteiger charge is -1.96. The third-order valence-electron chi connectivity index (χ3n) is 1.90. The van der Waals surface area contributed by atoms with E-state index in [0.29, 0.717) is 0 Å². The van der Waals surface area contributed by atoms with E-state index in [2.05, 4.69) is 23.8 Å². The first-order valence-corrected chi connectivity index (χ1v) is 5.39. The van der Waals surface area contributed by atoms with Gasteiger partial charge in [0.25, 0.3) is 0 Å². The zero-order chi connectivity index (χ0) is 7.94. The van der Waals surface area contributed by atoms with Crippen molar-refractivity contribution >= 4 is 34.4 Å². The van der Waals surface area contributed by atoms with Crippen LogP contribution in [0.15, 0.2) is 16.8 Å². The summed E-state index contributed by atoms with van der Waals surface area (Å²) in [6.45, 7) is 2.25. The molecule has 2 heteroatoms. The van der Waals surface area contributed by atoms with Crippen molar-refractivity contribution in [3.8, 4) is 0 Å². The predicted molar refractivity (Wildman–Crippen MR) is 57.9 cm³/mol. The molecule has 64 valence electrons. The SMILES string of the molecule is CCCCCCc1ccsc1.[Mg]. The van der Waals surface area contributed by atoms with E-state index >= 15 is 0 Å². The van der Waals surface area contributed by atoms with Crippen LogP contribution in [0.2, 0.25) is 0 Å². The van der Waals surface area contributed by atoms with Gasteiger partial charge in [-0.15, -0.1) is 0 Å². The van der Waals surface area contributed by atoms with E-state index in [1.54, 1.807) is 11.3 Å². The molecule has 0 atom stereocenters. The first kappa shape index (κ1) is 12.5. The Morgan fingerprint density at radius 3 is 2.67 bits per heavy atom. The second-order valence-electron chi connectivity index (χ2n) is 2.94. The molecule has 0 aliphatic carbocycles. The second kappa shape index (κ2) is 8.08. The molecule has 1 rings (SSSR count). The molecule has 0 spiro atoms. The molecular weight excluding hydrogens is 176 g/mol. The molecule has 0 bridgehead atoms. The van der Waals surface area contributed by atoms with Crippen LogP contribution < -0.4 is 0 Å². The Bertz CT molecular complexity index is 170. The Labute approximate surface area is 95.5 Å². The summed E-state index contributed by atoms with van der Waals surface area (Å²) in [5, 5.41) is 4.42. The van der Waals surface area contributed by atoms with Crippen molar-refractivity contribution < 1.29 is 0 Å². The van der Waals surface area contributed by atoms with Crippen molar-refractivity contribution in [1.82, 2.24) is 0 Å². The Hall–Kier alpha value is 0.466. The summed E-state index contributed by atoms with van der Waals surface area (Å²) in [4.78, 5) is 0. The Balaban J connectivity index is 0.00000121. The molecule has 2 radical (unpaired) electrons. The smallest absolute Gasteiger partial charge is 0 e. The lowest BCUT2D eigenvalue weighted by atomic mass is 10.1. The van der Waals surface area contributed by atoms with Crippen LogP contribution in [0.5, 0.6) is 0 Å². The molecule has 0 nitrogen and oxygen atoms in total. The minimum absolute atomic E-state index is 0. The van der Waals surface area contributed by atoms with Crippen LogP contribution in [0.4, 0.5) is 0 Å². The maximum atomic E-state index is 2.26. The van der Waals surface area contributed by atoms with Gasteiger partial charge in [-0.3, -0.25) is 0 Å². The van der Waals surface area contributed by atoms with Gasteiger partial charge >= 0.3 is 0 Å². The summed E-state index contributed by atoms with van der Waals surface area (Å²) >= 11 is 1.80. The van der Waals surface area contributed by atoms with Gasteiger partial charge in [0.05, 0.1) is 0 Å². The number of hydrogen-bond donors (Lipinski definition) is 0. The van der Waals surface area contributed by atoms with E-state index in [1.165, 1.54) is 37.7 Å². The average Bonchev–Trinajstić information content (AvgIpc) is 2.50. The van der Waals surface area contributed by atoms with Crippen molar-refractivity contribution in [2.75, 3.05) is 0 Å². The van der Waals surface area contributed by atoms with Crippen LogP contribution >= 0.6 is 11.3 Å². The first-order chi connectivity index (χ1) is 5.43. The molecule has 0 fully saturated rings. The minimum atomic E-state index is 0. The van der Waals surface area contributed by atoms with Gasteiger partial charge in [0.15, 0.2) is 0 Å². The topological polar surface area (TPSA) is 0 Å². The molecular formula is C10H16MgS. The molecule has 0 aromatic carbocycles. The fourth-order valence-corrected chi connectivity index (χ4v) is 1.89. The third-order valence-corrected chi connectivity index (χ3v) is 2.63. The Kier molecular flexibility index (Phi) is 8.40. The molecule has 0 aliphatic rings. The van der Waals surface area contributed by atoms with E-state index in [9.17, 15) is 0 Å². The van der Waals surface area contributed by atoms with Crippen LogP contribution in [0.1, 0.15) is 38.2 Å². The maximum absolute atomic E-state index is 2.26. The molecule has 0 saturated carbocycles. The molecule has 1 heterocycles. The predicted octanol–water partition coefficient (Wildman–Crippen LogP) is 3.49. The van der Waals surface area contributed by atoms with Gasteiger partial charge in [0.2, 0.25) is 0 Å². The van der Waals surface area contributed by atoms with E-state index in [0.717, 1.165) is 0 Å².